The van der Waals surface area contributed by atoms with E-state index in [-0.39, 0.29) is 81.8 Å². The fourth-order valence-electron chi connectivity index (χ4n) is 18.7. The van der Waals surface area contributed by atoms with Gasteiger partial charge in [-0.15, -0.1) is 56.7 Å². The Hall–Kier alpha value is -11.0. The van der Waals surface area contributed by atoms with Crippen molar-refractivity contribution in [2.75, 3.05) is 14.7 Å². The summed E-state index contributed by atoms with van der Waals surface area (Å²) in [6.45, 7) is 50.1. The molecule has 2 fully saturated rings. The van der Waals surface area contributed by atoms with E-state index in [1.807, 2.05) is 107 Å². The van der Waals surface area contributed by atoms with E-state index >= 15 is 0 Å². The summed E-state index contributed by atoms with van der Waals surface area (Å²) in [5, 5.41) is 50.7. The van der Waals surface area contributed by atoms with Crippen LogP contribution in [0, 0.1) is 0 Å². The fraction of sp³-hybridized carbons (Fsp3) is 0.431. The summed E-state index contributed by atoms with van der Waals surface area (Å²) in [5.41, 5.74) is 14.3. The predicted octanol–water partition coefficient (Wildman–Crippen LogP) is 28.5. The first-order valence-corrected chi connectivity index (χ1v) is 50.6. The van der Waals surface area contributed by atoms with Gasteiger partial charge in [0, 0.05) is 125 Å². The molecular weight excluding hydrogens is 1770 g/mol. The largest absolute Gasteiger partial charge is 0.478 e. The number of fused-ring (bicyclic) bond motifs is 5. The van der Waals surface area contributed by atoms with Crippen LogP contribution in [0.25, 0.3) is 5.57 Å². The minimum Gasteiger partial charge on any atom is -0.478 e. The van der Waals surface area contributed by atoms with Gasteiger partial charge < -0.3 is 25.5 Å². The van der Waals surface area contributed by atoms with E-state index < -0.39 is 29.8 Å². The molecule has 7 heterocycles. The number of carboxylic acids is 5. The Balaban J connectivity index is 0.000000128. The fourth-order valence-corrected chi connectivity index (χ4v) is 26.0. The standard InChI is InChI=1S/C24H26N2O2S.C23H25N3O2S.C21H27N3O2S.C21H25NO2S.C20H23NO2S/c1-23(2)14-15-24(3,4)20-19(23)25-22(29-20)26(17-8-6-5-7-9-17)18-12-10-16(11-13-18)21(27)28;1-22(2)12-13-23(3,4)19-18(22)25-21(29-19)26(17-7-5-6-14-24-17)16-10-8-15(9-11-16)20(27)28;1-20(2)10-11-21(3,4)17-16(20)23-19(27-17)24(14-6-5-7-14)15-9-8-13(12-22-15)18(25)26;1-19(2)9-10-20(3,4)16-15(19)22-18(25-16)21(11-12-21)14-7-5-13(6-8-14)17(23)24;1-12(13-6-8-14(9-7-13)18(22)23)17-21-15-16(24-17)20(4,5)11-10-19(15,2)3/h5-13H,14-15H2,1-4H3,(H,27,28);5-11,14H,12-13H2,1-4H3,(H,27,28);8-9,12,14H,5-7,10-11H2,1-4H3,(H,25,26);5-8H,9-12H2,1-4H3,(H,23,24);6-9H,1,10-11H2,2-5H3,(H,22,23). The summed E-state index contributed by atoms with van der Waals surface area (Å²) in [4.78, 5) is 104. The maximum absolute atomic E-state index is 11.3. The summed E-state index contributed by atoms with van der Waals surface area (Å²) in [7, 11) is 0. The molecule has 0 aliphatic heterocycles. The minimum absolute atomic E-state index is 0.00516. The zero-order valence-corrected chi connectivity index (χ0v) is 84.9. The van der Waals surface area contributed by atoms with Gasteiger partial charge in [-0.1, -0.05) is 194 Å². The molecule has 5 aromatic carbocycles. The number of rotatable bonds is 18. The van der Waals surface area contributed by atoms with Gasteiger partial charge in [0.25, 0.3) is 0 Å². The molecule has 7 aliphatic carbocycles. The van der Waals surface area contributed by atoms with E-state index in [0.717, 1.165) is 137 Å². The minimum atomic E-state index is -0.947. The number of carboxylic acid groups (broad SMARTS) is 5. The third-order valence-corrected chi connectivity index (χ3v) is 36.1. The molecule has 134 heavy (non-hydrogen) atoms. The number of nitrogens with zero attached hydrogens (tertiary/aromatic N) is 10. The summed E-state index contributed by atoms with van der Waals surface area (Å²) in [6.07, 6.45) is 20.4. The highest BCUT2D eigenvalue weighted by Crippen LogP contribution is 2.60. The highest BCUT2D eigenvalue weighted by atomic mass is 32.1. The number of thiazole rings is 5. The van der Waals surface area contributed by atoms with E-state index in [9.17, 15) is 34.2 Å². The Kier molecular flexibility index (Phi) is 26.6. The maximum atomic E-state index is 11.3. The first-order chi connectivity index (χ1) is 62.8. The normalized spacial score (nSPS) is 18.8. The molecule has 2 saturated carbocycles. The molecule has 12 aromatic rings. The Labute approximate surface area is 808 Å². The SMILES string of the molecule is C=C(c1ccc(C(=O)O)cc1)c1nc2c(s1)C(C)(C)CCC2(C)C.CC1(C)CCC(C)(C)c2sc(C3(c4ccc(C(=O)O)cc4)CC3)nc21.CC1(C)CCC(C)(C)c2sc(N(c3ccc(C(=O)O)cc3)c3ccccn3)nc21.CC1(C)CCC(C)(C)c2sc(N(c3ccc(C(=O)O)cn3)C3CCC3)nc21.CC1(C)CCC(C)(C)c2sc(N(c3ccccc3)c3ccc(C(=O)O)cc3)nc21. The summed E-state index contributed by atoms with van der Waals surface area (Å²) in [5.74, 6) is -3.03. The van der Waals surface area contributed by atoms with Crippen molar-refractivity contribution in [3.63, 3.8) is 0 Å². The molecule has 0 amide bonds. The van der Waals surface area contributed by atoms with Crippen LogP contribution in [-0.4, -0.2) is 96.3 Å². The van der Waals surface area contributed by atoms with Gasteiger partial charge in [0.15, 0.2) is 15.4 Å². The lowest BCUT2D eigenvalue weighted by Gasteiger charge is -2.37. The van der Waals surface area contributed by atoms with Crippen LogP contribution in [0.4, 0.5) is 44.1 Å². The van der Waals surface area contributed by atoms with Crippen LogP contribution in [0.15, 0.2) is 177 Å². The van der Waals surface area contributed by atoms with Gasteiger partial charge >= 0.3 is 29.8 Å². The zero-order valence-electron chi connectivity index (χ0n) is 80.8. The zero-order chi connectivity index (χ0) is 96.8. The molecule has 0 bridgehead atoms. The molecule has 7 aromatic heterocycles. The van der Waals surface area contributed by atoms with Crippen LogP contribution in [-0.2, 0) is 59.6 Å². The van der Waals surface area contributed by atoms with E-state index in [2.05, 4.69) is 177 Å². The van der Waals surface area contributed by atoms with Gasteiger partial charge in [0.05, 0.1) is 56.3 Å². The number of carbonyl (C=O) groups is 5. The molecule has 0 saturated heterocycles. The molecule has 0 spiro atoms. The van der Waals surface area contributed by atoms with Crippen molar-refractivity contribution in [1.82, 2.24) is 34.9 Å². The second-order valence-corrected chi connectivity index (χ2v) is 48.6. The lowest BCUT2D eigenvalue weighted by molar-refractivity contribution is 0.0685. The number of anilines is 8. The molecule has 0 radical (unpaired) electrons. The predicted molar refractivity (Wildman–Crippen MR) is 544 cm³/mol. The summed E-state index contributed by atoms with van der Waals surface area (Å²) < 4.78 is 0. The quantitative estimate of drug-likeness (QED) is 0.0533. The molecule has 19 rings (SSSR count). The van der Waals surface area contributed by atoms with Crippen LogP contribution in [0.5, 0.6) is 0 Å². The van der Waals surface area contributed by atoms with Gasteiger partial charge in [0.2, 0.25) is 0 Å². The van der Waals surface area contributed by atoms with Crippen molar-refractivity contribution in [2.45, 2.75) is 300 Å². The first-order valence-electron chi connectivity index (χ1n) is 46.5. The Morgan fingerprint density at radius 1 is 0.321 bits per heavy atom. The Morgan fingerprint density at radius 3 is 1.02 bits per heavy atom. The molecule has 0 unspecified atom stereocenters. The average molecular weight is 1900 g/mol. The van der Waals surface area contributed by atoms with Gasteiger partial charge in [0.1, 0.15) is 21.7 Å². The average Bonchev–Trinajstić information content (AvgIpc) is 1.55. The van der Waals surface area contributed by atoms with E-state index in [4.69, 9.17) is 40.2 Å². The van der Waals surface area contributed by atoms with E-state index in [0.29, 0.717) is 11.6 Å². The lowest BCUT2D eigenvalue weighted by atomic mass is 9.69. The van der Waals surface area contributed by atoms with Gasteiger partial charge in [-0.2, -0.15) is 0 Å². The van der Waals surface area contributed by atoms with Gasteiger partial charge in [-0.25, -0.2) is 58.9 Å². The molecular formula is C109H126N10O10S5. The van der Waals surface area contributed by atoms with Crippen molar-refractivity contribution in [2.24, 2.45) is 0 Å². The third-order valence-electron chi connectivity index (χ3n) is 28.7. The summed E-state index contributed by atoms with van der Waals surface area (Å²) in [6, 6.07) is 47.9. The number of pyridine rings is 2. The van der Waals surface area contributed by atoms with Crippen molar-refractivity contribution in [3.05, 3.63) is 279 Å². The highest BCUT2D eigenvalue weighted by molar-refractivity contribution is 7.17. The summed E-state index contributed by atoms with van der Waals surface area (Å²) >= 11 is 8.88. The highest BCUT2D eigenvalue weighted by Gasteiger charge is 2.53. The molecule has 7 aliphatic rings. The Bertz CT molecular complexity index is 6050. The van der Waals surface area contributed by atoms with Crippen LogP contribution in [0.3, 0.4) is 0 Å². The number of aromatic carboxylic acids is 5. The lowest BCUT2D eigenvalue weighted by Crippen LogP contribution is -2.37. The number of hydrogen-bond donors (Lipinski definition) is 5. The van der Waals surface area contributed by atoms with Crippen LogP contribution in [0.2, 0.25) is 0 Å². The molecule has 0 atom stereocenters. The monoisotopic (exact) mass is 1890 g/mol. The second-order valence-electron chi connectivity index (χ2n) is 43.6. The third kappa shape index (κ3) is 19.8. The van der Waals surface area contributed by atoms with Crippen molar-refractivity contribution in [1.29, 1.82) is 0 Å². The van der Waals surface area contributed by atoms with Crippen LogP contribution < -0.4 is 14.7 Å². The number of hydrogen-bond acceptors (Lipinski definition) is 20. The molecule has 25 heteroatoms. The second kappa shape index (κ2) is 36.6. The van der Waals surface area contributed by atoms with E-state index in [1.54, 1.807) is 106 Å². The van der Waals surface area contributed by atoms with E-state index in [1.165, 1.54) is 89.6 Å². The Morgan fingerprint density at radius 2 is 0.657 bits per heavy atom. The first kappa shape index (κ1) is 97.6. The maximum Gasteiger partial charge on any atom is 0.337 e. The topological polar surface area (TPSA) is 286 Å². The van der Waals surface area contributed by atoms with Gasteiger partial charge in [-0.3, -0.25) is 14.7 Å². The number of benzene rings is 5. The van der Waals surface area contributed by atoms with Crippen LogP contribution >= 0.6 is 56.7 Å². The number of para-hydroxylation sites is 1. The molecule has 5 N–H and O–H groups in total. The van der Waals surface area contributed by atoms with Crippen molar-refractivity contribution in [3.8, 4) is 0 Å². The molecule has 20 nitrogen and oxygen atoms in total. The van der Waals surface area contributed by atoms with Crippen LogP contribution in [0.1, 0.15) is 361 Å². The van der Waals surface area contributed by atoms with Crippen molar-refractivity contribution >= 4 is 136 Å². The number of aromatic nitrogens is 7. The smallest absolute Gasteiger partial charge is 0.337 e. The molecule has 702 valence electrons. The van der Waals surface area contributed by atoms with Crippen molar-refractivity contribution < 1.29 is 49.5 Å². The van der Waals surface area contributed by atoms with Gasteiger partial charge in [-0.05, 0) is 217 Å².